The monoisotopic (exact) mass is 237 g/mol. The third kappa shape index (κ3) is 3.75. The smallest absolute Gasteiger partial charge is 0.311 e. The minimum Gasteiger partial charge on any atom is -0.486 e. The molecule has 0 amide bonds. The lowest BCUT2D eigenvalue weighted by Gasteiger charge is -2.07. The number of nitrogens with zero attached hydrogens (tertiary/aromatic N) is 1. The van der Waals surface area contributed by atoms with Gasteiger partial charge in [-0.15, -0.1) is 0 Å². The molecule has 6 heteroatoms. The van der Waals surface area contributed by atoms with Crippen molar-refractivity contribution < 1.29 is 9.66 Å². The Kier molecular flexibility index (Phi) is 4.45. The van der Waals surface area contributed by atoms with E-state index in [-0.39, 0.29) is 30.3 Å². The van der Waals surface area contributed by atoms with Gasteiger partial charge in [0.15, 0.2) is 5.75 Å². The average molecular weight is 237 g/mol. The predicted octanol–water partition coefficient (Wildman–Crippen LogP) is 1.86. The Hall–Kier alpha value is -2.11. The van der Waals surface area contributed by atoms with Crippen molar-refractivity contribution in [3.05, 3.63) is 33.9 Å². The first-order valence-electron chi connectivity index (χ1n) is 5.27. The number of hydrogen-bond acceptors (Lipinski definition) is 4. The van der Waals surface area contributed by atoms with Crippen molar-refractivity contribution in [2.24, 2.45) is 5.73 Å². The largest absolute Gasteiger partial charge is 0.486 e. The molecule has 0 atom stereocenters. The summed E-state index contributed by atoms with van der Waals surface area (Å²) in [5.74, 6) is 0.214. The molecule has 0 saturated carbocycles. The summed E-state index contributed by atoms with van der Waals surface area (Å²) >= 11 is 0. The lowest BCUT2D eigenvalue weighted by molar-refractivity contribution is -0.385. The number of benzene rings is 1. The van der Waals surface area contributed by atoms with E-state index < -0.39 is 4.92 Å². The fourth-order valence-corrected chi connectivity index (χ4v) is 1.32. The number of nitro groups is 1. The van der Waals surface area contributed by atoms with E-state index in [2.05, 4.69) is 0 Å². The molecule has 0 unspecified atom stereocenters. The van der Waals surface area contributed by atoms with Gasteiger partial charge in [0.1, 0.15) is 0 Å². The Morgan fingerprint density at radius 1 is 1.59 bits per heavy atom. The SMILES string of the molecule is CCc1ccc(OCCC(=N)N)c([N+](=O)[O-])c1. The van der Waals surface area contributed by atoms with Crippen molar-refractivity contribution >= 4 is 11.5 Å². The molecule has 0 radical (unpaired) electrons. The van der Waals surface area contributed by atoms with Crippen LogP contribution in [-0.4, -0.2) is 17.4 Å². The van der Waals surface area contributed by atoms with Crippen LogP contribution in [0.25, 0.3) is 0 Å². The molecule has 17 heavy (non-hydrogen) atoms. The minimum absolute atomic E-state index is 0.00201. The molecule has 0 heterocycles. The number of aryl methyl sites for hydroxylation is 1. The third-order valence-corrected chi connectivity index (χ3v) is 2.26. The maximum Gasteiger partial charge on any atom is 0.311 e. The predicted molar refractivity (Wildman–Crippen MR) is 64.5 cm³/mol. The van der Waals surface area contributed by atoms with E-state index in [9.17, 15) is 10.1 Å². The molecule has 92 valence electrons. The summed E-state index contributed by atoms with van der Waals surface area (Å²) in [5, 5.41) is 17.9. The standard InChI is InChI=1S/C11H15N3O3/c1-2-8-3-4-10(9(7-8)14(15)16)17-6-5-11(12)13/h3-4,7H,2,5-6H2,1H3,(H3,12,13). The molecule has 0 saturated heterocycles. The molecule has 1 rings (SSSR count). The van der Waals surface area contributed by atoms with Crippen LogP contribution >= 0.6 is 0 Å². The van der Waals surface area contributed by atoms with Crippen molar-refractivity contribution in [3.63, 3.8) is 0 Å². The van der Waals surface area contributed by atoms with Crippen molar-refractivity contribution in [1.82, 2.24) is 0 Å². The molecule has 1 aromatic carbocycles. The number of ether oxygens (including phenoxy) is 1. The van der Waals surface area contributed by atoms with Gasteiger partial charge < -0.3 is 10.5 Å². The van der Waals surface area contributed by atoms with E-state index >= 15 is 0 Å². The third-order valence-electron chi connectivity index (χ3n) is 2.26. The van der Waals surface area contributed by atoms with Crippen LogP contribution in [-0.2, 0) is 6.42 Å². The van der Waals surface area contributed by atoms with Gasteiger partial charge in [0.05, 0.1) is 17.4 Å². The van der Waals surface area contributed by atoms with E-state index in [0.29, 0.717) is 0 Å². The maximum absolute atomic E-state index is 10.8. The normalized spacial score (nSPS) is 9.94. The second-order valence-electron chi connectivity index (χ2n) is 3.54. The first kappa shape index (κ1) is 13.0. The summed E-state index contributed by atoms with van der Waals surface area (Å²) in [6, 6.07) is 4.87. The van der Waals surface area contributed by atoms with Gasteiger partial charge in [-0.2, -0.15) is 0 Å². The molecular weight excluding hydrogens is 222 g/mol. The van der Waals surface area contributed by atoms with Gasteiger partial charge in [-0.1, -0.05) is 13.0 Å². The van der Waals surface area contributed by atoms with Gasteiger partial charge in [-0.25, -0.2) is 0 Å². The number of nitro benzene ring substituents is 1. The molecule has 1 aromatic rings. The van der Waals surface area contributed by atoms with Gasteiger partial charge in [0.2, 0.25) is 0 Å². The van der Waals surface area contributed by atoms with Crippen LogP contribution in [0.2, 0.25) is 0 Å². The number of rotatable bonds is 6. The Morgan fingerprint density at radius 2 is 2.29 bits per heavy atom. The van der Waals surface area contributed by atoms with E-state index in [4.69, 9.17) is 15.9 Å². The van der Waals surface area contributed by atoms with Crippen molar-refractivity contribution in [3.8, 4) is 5.75 Å². The molecule has 0 bridgehead atoms. The molecule has 0 fully saturated rings. The van der Waals surface area contributed by atoms with Crippen LogP contribution in [0, 0.1) is 15.5 Å². The molecule has 0 aliphatic heterocycles. The zero-order valence-corrected chi connectivity index (χ0v) is 9.60. The quantitative estimate of drug-likeness (QED) is 0.341. The Morgan fingerprint density at radius 3 is 2.82 bits per heavy atom. The van der Waals surface area contributed by atoms with Gasteiger partial charge in [-0.05, 0) is 18.1 Å². The molecule has 0 spiro atoms. The van der Waals surface area contributed by atoms with E-state index in [1.807, 2.05) is 6.92 Å². The summed E-state index contributed by atoms with van der Waals surface area (Å²) in [7, 11) is 0. The van der Waals surface area contributed by atoms with Gasteiger partial charge in [0, 0.05) is 12.5 Å². The molecule has 0 aromatic heterocycles. The van der Waals surface area contributed by atoms with Crippen LogP contribution in [0.4, 0.5) is 5.69 Å². The van der Waals surface area contributed by atoms with Crippen molar-refractivity contribution in [2.45, 2.75) is 19.8 Å². The zero-order valence-electron chi connectivity index (χ0n) is 9.60. The first-order chi connectivity index (χ1) is 8.04. The summed E-state index contributed by atoms with van der Waals surface area (Å²) in [6.07, 6.45) is 0.987. The number of nitrogens with two attached hydrogens (primary N) is 1. The van der Waals surface area contributed by atoms with Crippen LogP contribution in [0.5, 0.6) is 5.75 Å². The van der Waals surface area contributed by atoms with Crippen LogP contribution in [0.3, 0.4) is 0 Å². The van der Waals surface area contributed by atoms with Crippen LogP contribution in [0.1, 0.15) is 18.9 Å². The Labute approximate surface area is 99.0 Å². The van der Waals surface area contributed by atoms with E-state index in [0.717, 1.165) is 12.0 Å². The van der Waals surface area contributed by atoms with Crippen LogP contribution in [0.15, 0.2) is 18.2 Å². The minimum atomic E-state index is -0.470. The molecule has 6 nitrogen and oxygen atoms in total. The first-order valence-corrected chi connectivity index (χ1v) is 5.27. The second-order valence-corrected chi connectivity index (χ2v) is 3.54. The summed E-state index contributed by atoms with van der Waals surface area (Å²) in [4.78, 5) is 10.4. The van der Waals surface area contributed by atoms with Gasteiger partial charge in [-0.3, -0.25) is 15.5 Å². The summed E-state index contributed by atoms with van der Waals surface area (Å²) < 4.78 is 5.25. The lowest BCUT2D eigenvalue weighted by atomic mass is 10.1. The molecular formula is C11H15N3O3. The average Bonchev–Trinajstić information content (AvgIpc) is 2.28. The van der Waals surface area contributed by atoms with Gasteiger partial charge in [0.25, 0.3) is 0 Å². The van der Waals surface area contributed by atoms with Crippen molar-refractivity contribution in [2.75, 3.05) is 6.61 Å². The van der Waals surface area contributed by atoms with Crippen molar-refractivity contribution in [1.29, 1.82) is 5.41 Å². The lowest BCUT2D eigenvalue weighted by Crippen LogP contribution is -2.14. The fraction of sp³-hybridized carbons (Fsp3) is 0.364. The Balaban J connectivity index is 2.83. The highest BCUT2D eigenvalue weighted by molar-refractivity contribution is 5.76. The number of amidine groups is 1. The van der Waals surface area contributed by atoms with Gasteiger partial charge >= 0.3 is 5.69 Å². The molecule has 3 N–H and O–H groups in total. The highest BCUT2D eigenvalue weighted by atomic mass is 16.6. The fourth-order valence-electron chi connectivity index (χ4n) is 1.32. The number of hydrogen-bond donors (Lipinski definition) is 2. The van der Waals surface area contributed by atoms with Crippen LogP contribution < -0.4 is 10.5 Å². The zero-order chi connectivity index (χ0) is 12.8. The highest BCUT2D eigenvalue weighted by Gasteiger charge is 2.15. The second kappa shape index (κ2) is 5.83. The topological polar surface area (TPSA) is 102 Å². The number of nitrogens with one attached hydrogen (secondary N) is 1. The van der Waals surface area contributed by atoms with E-state index in [1.54, 1.807) is 12.1 Å². The maximum atomic E-state index is 10.8. The summed E-state index contributed by atoms with van der Waals surface area (Å²) in [5.41, 5.74) is 6.01. The molecule has 0 aliphatic carbocycles. The highest BCUT2D eigenvalue weighted by Crippen LogP contribution is 2.28. The molecule has 0 aliphatic rings. The Bertz CT molecular complexity index is 432. The van der Waals surface area contributed by atoms with E-state index in [1.165, 1.54) is 6.07 Å². The summed E-state index contributed by atoms with van der Waals surface area (Å²) in [6.45, 7) is 2.09.